The largest absolute Gasteiger partial charge is 0.490 e. The van der Waals surface area contributed by atoms with Crippen molar-refractivity contribution in [3.8, 4) is 11.5 Å². The SMILES string of the molecule is CC(C)(C)ON=CCCCOc1c(Cl)cc(OCC=C(Cl)Cl)cc1Cl. The predicted octanol–water partition coefficient (Wildman–Crippen LogP) is 6.65. The van der Waals surface area contributed by atoms with Gasteiger partial charge in [-0.15, -0.1) is 0 Å². The highest BCUT2D eigenvalue weighted by molar-refractivity contribution is 6.55. The topological polar surface area (TPSA) is 40.0 Å². The van der Waals surface area contributed by atoms with E-state index in [0.29, 0.717) is 28.2 Å². The lowest BCUT2D eigenvalue weighted by Crippen LogP contribution is -2.15. The molecule has 0 aromatic heterocycles. The third-order valence-electron chi connectivity index (χ3n) is 2.58. The molecule has 1 rings (SSSR count). The lowest BCUT2D eigenvalue weighted by molar-refractivity contribution is 0.00155. The highest BCUT2D eigenvalue weighted by Crippen LogP contribution is 2.37. The lowest BCUT2D eigenvalue weighted by atomic mass is 10.2. The Labute approximate surface area is 168 Å². The Morgan fingerprint density at radius 2 is 1.76 bits per heavy atom. The van der Waals surface area contributed by atoms with Gasteiger partial charge in [0.25, 0.3) is 0 Å². The second-order valence-corrected chi connectivity index (χ2v) is 7.83. The maximum absolute atomic E-state index is 6.19. The van der Waals surface area contributed by atoms with Crippen LogP contribution in [0, 0.1) is 0 Å². The van der Waals surface area contributed by atoms with Crippen molar-refractivity contribution < 1.29 is 14.3 Å². The summed E-state index contributed by atoms with van der Waals surface area (Å²) in [5.74, 6) is 0.920. The van der Waals surface area contributed by atoms with E-state index in [1.165, 1.54) is 6.08 Å². The van der Waals surface area contributed by atoms with Gasteiger partial charge in [-0.1, -0.05) is 51.6 Å². The van der Waals surface area contributed by atoms with Crippen LogP contribution >= 0.6 is 46.4 Å². The second-order valence-electron chi connectivity index (χ2n) is 6.00. The van der Waals surface area contributed by atoms with Crippen LogP contribution < -0.4 is 9.47 Å². The number of benzene rings is 1. The molecular formula is C17H21Cl4NO3. The zero-order chi connectivity index (χ0) is 18.9. The van der Waals surface area contributed by atoms with Gasteiger partial charge < -0.3 is 14.3 Å². The van der Waals surface area contributed by atoms with E-state index in [9.17, 15) is 0 Å². The molecule has 8 heteroatoms. The highest BCUT2D eigenvalue weighted by Gasteiger charge is 2.11. The van der Waals surface area contributed by atoms with Crippen LogP contribution in [0.5, 0.6) is 11.5 Å². The van der Waals surface area contributed by atoms with E-state index in [1.807, 2.05) is 20.8 Å². The number of hydrogen-bond donors (Lipinski definition) is 0. The summed E-state index contributed by atoms with van der Waals surface area (Å²) >= 11 is 23.4. The fourth-order valence-electron chi connectivity index (χ4n) is 1.56. The molecule has 25 heavy (non-hydrogen) atoms. The van der Waals surface area contributed by atoms with Crippen molar-refractivity contribution in [3.63, 3.8) is 0 Å². The Bertz CT molecular complexity index is 585. The van der Waals surface area contributed by atoms with Crippen molar-refractivity contribution in [2.24, 2.45) is 5.16 Å². The average molecular weight is 429 g/mol. The van der Waals surface area contributed by atoms with E-state index < -0.39 is 0 Å². The fraction of sp³-hybridized carbons (Fsp3) is 0.471. The van der Waals surface area contributed by atoms with Gasteiger partial charge >= 0.3 is 0 Å². The van der Waals surface area contributed by atoms with Gasteiger partial charge in [0.05, 0.1) is 16.7 Å². The van der Waals surface area contributed by atoms with Gasteiger partial charge in [-0.2, -0.15) is 0 Å². The van der Waals surface area contributed by atoms with Crippen molar-refractivity contribution in [2.75, 3.05) is 13.2 Å². The van der Waals surface area contributed by atoms with Crippen molar-refractivity contribution in [2.45, 2.75) is 39.2 Å². The number of unbranched alkanes of at least 4 members (excludes halogenated alkanes) is 1. The maximum atomic E-state index is 6.19. The van der Waals surface area contributed by atoms with Crippen LogP contribution in [0.4, 0.5) is 0 Å². The first kappa shape index (κ1) is 22.2. The van der Waals surface area contributed by atoms with Crippen LogP contribution in [-0.4, -0.2) is 25.0 Å². The summed E-state index contributed by atoms with van der Waals surface area (Å²) in [7, 11) is 0. The van der Waals surface area contributed by atoms with Crippen molar-refractivity contribution in [1.29, 1.82) is 0 Å². The molecule has 1 aromatic carbocycles. The molecule has 0 heterocycles. The molecule has 0 radical (unpaired) electrons. The van der Waals surface area contributed by atoms with Gasteiger partial charge in [0.15, 0.2) is 5.75 Å². The average Bonchev–Trinajstić information content (AvgIpc) is 2.47. The molecule has 0 atom stereocenters. The molecule has 0 bridgehead atoms. The monoisotopic (exact) mass is 427 g/mol. The quantitative estimate of drug-likeness (QED) is 0.251. The number of oxime groups is 1. The number of ether oxygens (including phenoxy) is 2. The minimum atomic E-state index is -0.289. The normalized spacial score (nSPS) is 11.5. The number of rotatable bonds is 9. The fourth-order valence-corrected chi connectivity index (χ4v) is 2.26. The van der Waals surface area contributed by atoms with E-state index in [2.05, 4.69) is 5.16 Å². The van der Waals surface area contributed by atoms with Crippen molar-refractivity contribution in [1.82, 2.24) is 0 Å². The first-order valence-electron chi connectivity index (χ1n) is 7.65. The maximum Gasteiger partial charge on any atom is 0.156 e. The van der Waals surface area contributed by atoms with Crippen molar-refractivity contribution >= 4 is 52.6 Å². The molecule has 0 fully saturated rings. The Morgan fingerprint density at radius 3 is 2.32 bits per heavy atom. The molecule has 1 aromatic rings. The molecule has 4 nitrogen and oxygen atoms in total. The van der Waals surface area contributed by atoms with E-state index in [0.717, 1.165) is 12.8 Å². The summed E-state index contributed by atoms with van der Waals surface area (Å²) < 4.78 is 11.2. The van der Waals surface area contributed by atoms with Crippen LogP contribution in [0.1, 0.15) is 33.6 Å². The Kier molecular flexibility index (Phi) is 9.80. The van der Waals surface area contributed by atoms with Gasteiger partial charge in [0.1, 0.15) is 22.4 Å². The van der Waals surface area contributed by atoms with Crippen LogP contribution in [0.15, 0.2) is 27.9 Å². The molecule has 0 amide bonds. The number of nitrogens with zero attached hydrogens (tertiary/aromatic N) is 1. The summed E-state index contributed by atoms with van der Waals surface area (Å²) in [6.45, 7) is 6.47. The zero-order valence-corrected chi connectivity index (χ0v) is 17.3. The second kappa shape index (κ2) is 11.0. The molecule has 0 aliphatic rings. The molecule has 0 spiro atoms. The van der Waals surface area contributed by atoms with E-state index >= 15 is 0 Å². The van der Waals surface area contributed by atoms with Gasteiger partial charge in [0, 0.05) is 18.3 Å². The molecule has 0 saturated carbocycles. The van der Waals surface area contributed by atoms with E-state index in [4.69, 9.17) is 60.7 Å². The molecule has 0 aliphatic carbocycles. The summed E-state index contributed by atoms with van der Waals surface area (Å²) in [5, 5.41) is 4.64. The highest BCUT2D eigenvalue weighted by atomic mass is 35.5. The Balaban J connectivity index is 2.45. The number of halogens is 4. The van der Waals surface area contributed by atoms with E-state index in [-0.39, 0.29) is 16.7 Å². The first-order chi connectivity index (χ1) is 11.7. The summed E-state index contributed by atoms with van der Waals surface area (Å²) in [5.41, 5.74) is -0.289. The number of hydrogen-bond acceptors (Lipinski definition) is 4. The van der Waals surface area contributed by atoms with Gasteiger partial charge in [-0.05, 0) is 39.7 Å². The van der Waals surface area contributed by atoms with Gasteiger partial charge in [0.2, 0.25) is 0 Å². The van der Waals surface area contributed by atoms with E-state index in [1.54, 1.807) is 18.3 Å². The molecule has 0 aliphatic heterocycles. The van der Waals surface area contributed by atoms with Crippen LogP contribution in [0.25, 0.3) is 0 Å². The predicted molar refractivity (Wildman–Crippen MR) is 106 cm³/mol. The minimum absolute atomic E-state index is 0.133. The smallest absolute Gasteiger partial charge is 0.156 e. The zero-order valence-electron chi connectivity index (χ0n) is 14.3. The minimum Gasteiger partial charge on any atom is -0.490 e. The lowest BCUT2D eigenvalue weighted by Gasteiger charge is -2.14. The molecule has 0 saturated heterocycles. The molecule has 0 unspecified atom stereocenters. The summed E-state index contributed by atoms with van der Waals surface area (Å²) in [4.78, 5) is 5.24. The molecule has 0 N–H and O–H groups in total. The van der Waals surface area contributed by atoms with Gasteiger partial charge in [-0.25, -0.2) is 0 Å². The summed E-state index contributed by atoms with van der Waals surface area (Å²) in [6.07, 6.45) is 4.70. The Hall–Kier alpha value is -0.810. The van der Waals surface area contributed by atoms with Crippen molar-refractivity contribution in [3.05, 3.63) is 32.7 Å². The first-order valence-corrected chi connectivity index (χ1v) is 9.16. The van der Waals surface area contributed by atoms with Crippen LogP contribution in [0.3, 0.4) is 0 Å². The van der Waals surface area contributed by atoms with Crippen LogP contribution in [-0.2, 0) is 4.84 Å². The molecule has 140 valence electrons. The van der Waals surface area contributed by atoms with Gasteiger partial charge in [-0.3, -0.25) is 0 Å². The third kappa shape index (κ3) is 10.0. The Morgan fingerprint density at radius 1 is 1.12 bits per heavy atom. The molecular weight excluding hydrogens is 408 g/mol. The van der Waals surface area contributed by atoms with Crippen LogP contribution in [0.2, 0.25) is 10.0 Å². The third-order valence-corrected chi connectivity index (χ3v) is 3.45. The standard InChI is InChI=1S/C17H21Cl4NO3/c1-17(2,3)25-22-7-4-5-8-24-16-13(18)10-12(11-14(16)19)23-9-6-15(20)21/h6-7,10-11H,4-5,8-9H2,1-3H3. The summed E-state index contributed by atoms with van der Waals surface area (Å²) in [6, 6.07) is 3.24.